The van der Waals surface area contributed by atoms with Gasteiger partial charge in [0.1, 0.15) is 0 Å². The Hall–Kier alpha value is -1.26. The van der Waals surface area contributed by atoms with Gasteiger partial charge in [0.05, 0.1) is 6.61 Å². The molecule has 1 fully saturated rings. The predicted molar refractivity (Wildman–Crippen MR) is 63.2 cm³/mol. The molecule has 4 heteroatoms. The van der Waals surface area contributed by atoms with Crippen molar-refractivity contribution in [3.63, 3.8) is 0 Å². The van der Waals surface area contributed by atoms with Crippen LogP contribution >= 0.6 is 0 Å². The van der Waals surface area contributed by atoms with Crippen molar-refractivity contribution >= 4 is 0 Å². The minimum atomic E-state index is 0.336. The average Bonchev–Trinajstić information content (AvgIpc) is 2.99. The third-order valence-electron chi connectivity index (χ3n) is 3.25. The molecule has 1 aromatic rings. The van der Waals surface area contributed by atoms with E-state index in [0.29, 0.717) is 12.7 Å². The number of nitrogens with one attached hydrogen (secondary N) is 1. The van der Waals surface area contributed by atoms with E-state index < -0.39 is 0 Å². The second-order valence-corrected chi connectivity index (χ2v) is 4.51. The summed E-state index contributed by atoms with van der Waals surface area (Å²) < 4.78 is 16.2. The largest absolute Gasteiger partial charge is 0.454 e. The number of hydrogen-bond donors (Lipinski definition) is 1. The normalized spacial score (nSPS) is 22.0. The van der Waals surface area contributed by atoms with Gasteiger partial charge >= 0.3 is 0 Å². The van der Waals surface area contributed by atoms with E-state index in [9.17, 15) is 0 Å². The minimum Gasteiger partial charge on any atom is -0.454 e. The molecule has 1 unspecified atom stereocenters. The minimum absolute atomic E-state index is 0.336. The Morgan fingerprint density at radius 3 is 3.18 bits per heavy atom. The summed E-state index contributed by atoms with van der Waals surface area (Å²) in [4.78, 5) is 0. The lowest BCUT2D eigenvalue weighted by atomic mass is 10.1. The molecule has 1 N–H and O–H groups in total. The van der Waals surface area contributed by atoms with E-state index in [0.717, 1.165) is 37.8 Å². The Labute approximate surface area is 101 Å². The third kappa shape index (κ3) is 2.37. The van der Waals surface area contributed by atoms with E-state index in [1.54, 1.807) is 0 Å². The molecule has 92 valence electrons. The summed E-state index contributed by atoms with van der Waals surface area (Å²) in [5.74, 6) is 2.40. The number of ether oxygens (including phenoxy) is 3. The molecule has 2 heterocycles. The Morgan fingerprint density at radius 2 is 2.29 bits per heavy atom. The van der Waals surface area contributed by atoms with Crippen LogP contribution in [-0.2, 0) is 11.3 Å². The molecular formula is C13H17NO3. The van der Waals surface area contributed by atoms with Crippen LogP contribution in [0, 0.1) is 5.92 Å². The summed E-state index contributed by atoms with van der Waals surface area (Å²) in [5.41, 5.74) is 1.17. The summed E-state index contributed by atoms with van der Waals surface area (Å²) in [7, 11) is 0. The van der Waals surface area contributed by atoms with Crippen LogP contribution in [0.3, 0.4) is 0 Å². The topological polar surface area (TPSA) is 39.7 Å². The molecule has 4 nitrogen and oxygen atoms in total. The van der Waals surface area contributed by atoms with E-state index in [1.807, 2.05) is 12.1 Å². The fourth-order valence-corrected chi connectivity index (χ4v) is 2.29. The van der Waals surface area contributed by atoms with Crippen LogP contribution in [-0.4, -0.2) is 26.6 Å². The van der Waals surface area contributed by atoms with E-state index in [4.69, 9.17) is 14.2 Å². The summed E-state index contributed by atoms with van der Waals surface area (Å²) in [6.45, 7) is 3.96. The van der Waals surface area contributed by atoms with E-state index in [-0.39, 0.29) is 0 Å². The molecule has 17 heavy (non-hydrogen) atoms. The lowest BCUT2D eigenvalue weighted by molar-refractivity contribution is 0.173. The SMILES string of the molecule is c1cc(CNCC2CCOC2)c2c(c1)OCO2. The molecule has 3 rings (SSSR count). The molecule has 1 saturated heterocycles. The molecule has 0 bridgehead atoms. The summed E-state index contributed by atoms with van der Waals surface area (Å²) >= 11 is 0. The van der Waals surface area contributed by atoms with Gasteiger partial charge in [-0.3, -0.25) is 0 Å². The monoisotopic (exact) mass is 235 g/mol. The van der Waals surface area contributed by atoms with Gasteiger partial charge in [-0.15, -0.1) is 0 Å². The molecule has 1 aromatic carbocycles. The van der Waals surface area contributed by atoms with Crippen LogP contribution in [0.1, 0.15) is 12.0 Å². The van der Waals surface area contributed by atoms with Crippen LogP contribution in [0.25, 0.3) is 0 Å². The standard InChI is InChI=1S/C13H17NO3/c1-2-11(13-12(3-1)16-9-17-13)7-14-6-10-4-5-15-8-10/h1-3,10,14H,4-9H2. The lowest BCUT2D eigenvalue weighted by Gasteiger charge is -2.10. The maximum Gasteiger partial charge on any atom is 0.231 e. The first-order chi connectivity index (χ1) is 8.43. The van der Waals surface area contributed by atoms with Crippen molar-refractivity contribution < 1.29 is 14.2 Å². The average molecular weight is 235 g/mol. The number of benzene rings is 1. The first kappa shape index (κ1) is 10.9. The van der Waals surface area contributed by atoms with Gasteiger partial charge in [0, 0.05) is 25.3 Å². The number of fused-ring (bicyclic) bond motifs is 1. The van der Waals surface area contributed by atoms with Crippen molar-refractivity contribution in [2.24, 2.45) is 5.92 Å². The number of rotatable bonds is 4. The van der Waals surface area contributed by atoms with Gasteiger partial charge < -0.3 is 19.5 Å². The molecule has 0 spiro atoms. The lowest BCUT2D eigenvalue weighted by Crippen LogP contribution is -2.22. The first-order valence-corrected chi connectivity index (χ1v) is 6.09. The summed E-state index contributed by atoms with van der Waals surface area (Å²) in [6, 6.07) is 6.02. The van der Waals surface area contributed by atoms with Gasteiger partial charge in [-0.05, 0) is 18.4 Å². The van der Waals surface area contributed by atoms with Crippen LogP contribution in [0.5, 0.6) is 11.5 Å². The third-order valence-corrected chi connectivity index (χ3v) is 3.25. The highest BCUT2D eigenvalue weighted by molar-refractivity contribution is 5.48. The van der Waals surface area contributed by atoms with Crippen molar-refractivity contribution in [1.82, 2.24) is 5.32 Å². The smallest absolute Gasteiger partial charge is 0.231 e. The van der Waals surface area contributed by atoms with Gasteiger partial charge in [0.2, 0.25) is 6.79 Å². The highest BCUT2D eigenvalue weighted by Gasteiger charge is 2.18. The van der Waals surface area contributed by atoms with Crippen LogP contribution in [0.15, 0.2) is 18.2 Å². The van der Waals surface area contributed by atoms with Crippen molar-refractivity contribution in [3.05, 3.63) is 23.8 Å². The van der Waals surface area contributed by atoms with Crippen molar-refractivity contribution in [1.29, 1.82) is 0 Å². The molecule has 0 amide bonds. The Balaban J connectivity index is 1.56. The maximum absolute atomic E-state index is 5.47. The first-order valence-electron chi connectivity index (χ1n) is 6.09. The van der Waals surface area contributed by atoms with Gasteiger partial charge in [0.25, 0.3) is 0 Å². The molecule has 0 aliphatic carbocycles. The highest BCUT2D eigenvalue weighted by Crippen LogP contribution is 2.35. The molecule has 2 aliphatic heterocycles. The van der Waals surface area contributed by atoms with Gasteiger partial charge in [-0.1, -0.05) is 12.1 Å². The molecule has 1 atom stereocenters. The van der Waals surface area contributed by atoms with Crippen LogP contribution < -0.4 is 14.8 Å². The molecule has 0 saturated carbocycles. The van der Waals surface area contributed by atoms with Crippen LogP contribution in [0.2, 0.25) is 0 Å². The molecule has 0 aromatic heterocycles. The number of hydrogen-bond acceptors (Lipinski definition) is 4. The zero-order valence-corrected chi connectivity index (χ0v) is 9.78. The Bertz CT molecular complexity index is 388. The van der Waals surface area contributed by atoms with Gasteiger partial charge in [-0.25, -0.2) is 0 Å². The summed E-state index contributed by atoms with van der Waals surface area (Å²) in [6.07, 6.45) is 1.17. The molecule has 0 radical (unpaired) electrons. The fourth-order valence-electron chi connectivity index (χ4n) is 2.29. The van der Waals surface area contributed by atoms with E-state index >= 15 is 0 Å². The van der Waals surface area contributed by atoms with E-state index in [2.05, 4.69) is 11.4 Å². The second kappa shape index (κ2) is 4.94. The molecular weight excluding hydrogens is 218 g/mol. The maximum atomic E-state index is 5.47. The Morgan fingerprint density at radius 1 is 1.29 bits per heavy atom. The second-order valence-electron chi connectivity index (χ2n) is 4.51. The number of para-hydroxylation sites is 1. The van der Waals surface area contributed by atoms with Gasteiger partial charge in [0.15, 0.2) is 11.5 Å². The zero-order chi connectivity index (χ0) is 11.5. The predicted octanol–water partition coefficient (Wildman–Crippen LogP) is 1.54. The molecule has 2 aliphatic rings. The van der Waals surface area contributed by atoms with Gasteiger partial charge in [-0.2, -0.15) is 0 Å². The fraction of sp³-hybridized carbons (Fsp3) is 0.538. The van der Waals surface area contributed by atoms with Crippen molar-refractivity contribution in [2.75, 3.05) is 26.6 Å². The highest BCUT2D eigenvalue weighted by atomic mass is 16.7. The van der Waals surface area contributed by atoms with Crippen molar-refractivity contribution in [3.8, 4) is 11.5 Å². The summed E-state index contributed by atoms with van der Waals surface area (Å²) in [5, 5.41) is 3.46. The Kier molecular flexibility index (Phi) is 3.16. The zero-order valence-electron chi connectivity index (χ0n) is 9.78. The van der Waals surface area contributed by atoms with Crippen LogP contribution in [0.4, 0.5) is 0 Å². The van der Waals surface area contributed by atoms with Crippen molar-refractivity contribution in [2.45, 2.75) is 13.0 Å². The van der Waals surface area contributed by atoms with E-state index in [1.165, 1.54) is 12.0 Å². The quantitative estimate of drug-likeness (QED) is 0.859.